The maximum Gasteiger partial charge on any atom is 0.225 e. The molecule has 1 aromatic heterocycles. The molecule has 6 nitrogen and oxygen atoms in total. The summed E-state index contributed by atoms with van der Waals surface area (Å²) in [6, 6.07) is 14.4. The minimum Gasteiger partial charge on any atom is -0.493 e. The van der Waals surface area contributed by atoms with E-state index in [1.165, 1.54) is 6.07 Å². The van der Waals surface area contributed by atoms with Crippen LogP contribution in [0, 0.1) is 12.7 Å². The molecule has 0 aliphatic rings. The largest absolute Gasteiger partial charge is 0.493 e. The van der Waals surface area contributed by atoms with Gasteiger partial charge >= 0.3 is 0 Å². The number of rotatable bonds is 9. The molecule has 0 spiro atoms. The molecule has 0 amide bonds. The second-order valence-corrected chi connectivity index (χ2v) is 6.53. The highest BCUT2D eigenvalue weighted by Gasteiger charge is 2.07. The van der Waals surface area contributed by atoms with Gasteiger partial charge < -0.3 is 20.1 Å². The summed E-state index contributed by atoms with van der Waals surface area (Å²) in [6.45, 7) is 3.02. The van der Waals surface area contributed by atoms with Gasteiger partial charge in [-0.1, -0.05) is 24.3 Å². The smallest absolute Gasteiger partial charge is 0.225 e. The molecule has 0 bridgehead atoms. The van der Waals surface area contributed by atoms with Crippen LogP contribution in [0.15, 0.2) is 48.5 Å². The number of hydrogen-bond acceptors (Lipinski definition) is 6. The van der Waals surface area contributed by atoms with E-state index in [9.17, 15) is 4.39 Å². The molecule has 1 heterocycles. The number of hydrogen-bond donors (Lipinski definition) is 2. The summed E-state index contributed by atoms with van der Waals surface area (Å²) in [5.74, 6) is 2.39. The third-order valence-electron chi connectivity index (χ3n) is 4.41. The molecular weight excluding hydrogens is 371 g/mol. The van der Waals surface area contributed by atoms with E-state index in [4.69, 9.17) is 9.47 Å². The van der Waals surface area contributed by atoms with E-state index in [1.807, 2.05) is 37.3 Å². The van der Waals surface area contributed by atoms with Gasteiger partial charge in [-0.05, 0) is 42.7 Å². The molecule has 2 aromatic carbocycles. The van der Waals surface area contributed by atoms with Crippen LogP contribution < -0.4 is 20.1 Å². The van der Waals surface area contributed by atoms with Crippen molar-refractivity contribution in [3.63, 3.8) is 0 Å². The predicted molar refractivity (Wildman–Crippen MR) is 112 cm³/mol. The molecule has 29 heavy (non-hydrogen) atoms. The number of aryl methyl sites for hydroxylation is 1. The zero-order chi connectivity index (χ0) is 20.6. The van der Waals surface area contributed by atoms with Gasteiger partial charge in [0.2, 0.25) is 5.95 Å². The van der Waals surface area contributed by atoms with E-state index in [0.29, 0.717) is 48.3 Å². The zero-order valence-corrected chi connectivity index (χ0v) is 16.8. The fourth-order valence-electron chi connectivity index (χ4n) is 2.94. The first-order valence-electron chi connectivity index (χ1n) is 9.37. The molecule has 0 atom stereocenters. The number of benzene rings is 2. The summed E-state index contributed by atoms with van der Waals surface area (Å²) in [4.78, 5) is 8.92. The molecule has 0 saturated heterocycles. The average molecular weight is 396 g/mol. The highest BCUT2D eigenvalue weighted by molar-refractivity contribution is 5.45. The third-order valence-corrected chi connectivity index (χ3v) is 4.41. The van der Waals surface area contributed by atoms with Crippen LogP contribution in [0.2, 0.25) is 0 Å². The molecule has 7 heteroatoms. The molecule has 0 unspecified atom stereocenters. The normalized spacial score (nSPS) is 10.5. The van der Waals surface area contributed by atoms with E-state index in [1.54, 1.807) is 26.4 Å². The highest BCUT2D eigenvalue weighted by Crippen LogP contribution is 2.27. The van der Waals surface area contributed by atoms with Crippen LogP contribution in [-0.2, 0) is 13.0 Å². The summed E-state index contributed by atoms with van der Waals surface area (Å²) in [6.07, 6.45) is 0.574. The van der Waals surface area contributed by atoms with E-state index in [0.717, 1.165) is 11.3 Å². The predicted octanol–water partition coefficient (Wildman–Crippen LogP) is 4.21. The lowest BCUT2D eigenvalue weighted by Crippen LogP contribution is -2.10. The summed E-state index contributed by atoms with van der Waals surface area (Å²) in [5, 5.41) is 6.47. The molecule has 0 saturated carbocycles. The Hall–Kier alpha value is -3.35. The maximum absolute atomic E-state index is 13.7. The first-order valence-corrected chi connectivity index (χ1v) is 9.37. The monoisotopic (exact) mass is 396 g/mol. The Morgan fingerprint density at radius 1 is 0.931 bits per heavy atom. The van der Waals surface area contributed by atoms with Crippen molar-refractivity contribution in [2.45, 2.75) is 19.9 Å². The van der Waals surface area contributed by atoms with Crippen LogP contribution in [-0.4, -0.2) is 30.7 Å². The van der Waals surface area contributed by atoms with Crippen molar-refractivity contribution >= 4 is 11.8 Å². The van der Waals surface area contributed by atoms with Gasteiger partial charge in [-0.15, -0.1) is 0 Å². The van der Waals surface area contributed by atoms with Crippen molar-refractivity contribution in [3.05, 3.63) is 71.2 Å². The van der Waals surface area contributed by atoms with Gasteiger partial charge in [0.15, 0.2) is 11.5 Å². The number of nitrogens with one attached hydrogen (secondary N) is 2. The van der Waals surface area contributed by atoms with Crippen molar-refractivity contribution in [2.75, 3.05) is 31.4 Å². The van der Waals surface area contributed by atoms with Crippen LogP contribution in [0.25, 0.3) is 0 Å². The van der Waals surface area contributed by atoms with Crippen molar-refractivity contribution < 1.29 is 13.9 Å². The van der Waals surface area contributed by atoms with Crippen molar-refractivity contribution in [1.82, 2.24) is 9.97 Å². The third kappa shape index (κ3) is 5.57. The average Bonchev–Trinajstić information content (AvgIpc) is 2.73. The Labute approximate surface area is 170 Å². The number of methoxy groups -OCH3 is 2. The SMILES string of the molecule is COc1ccc(CNc2nc(C)cc(NCCc3ccccc3F)n2)cc1OC. The molecule has 0 fully saturated rings. The number of ether oxygens (including phenoxy) is 2. The summed E-state index contributed by atoms with van der Waals surface area (Å²) in [7, 11) is 3.22. The highest BCUT2D eigenvalue weighted by atomic mass is 19.1. The van der Waals surface area contributed by atoms with Crippen molar-refractivity contribution in [2.24, 2.45) is 0 Å². The van der Waals surface area contributed by atoms with Crippen LogP contribution in [0.4, 0.5) is 16.2 Å². The van der Waals surface area contributed by atoms with Crippen molar-refractivity contribution in [3.8, 4) is 11.5 Å². The van der Waals surface area contributed by atoms with Gasteiger partial charge in [-0.3, -0.25) is 0 Å². The summed E-state index contributed by atoms with van der Waals surface area (Å²) < 4.78 is 24.3. The maximum atomic E-state index is 13.7. The number of anilines is 2. The van der Waals surface area contributed by atoms with Gasteiger partial charge in [0.25, 0.3) is 0 Å². The van der Waals surface area contributed by atoms with Crippen LogP contribution in [0.1, 0.15) is 16.8 Å². The molecule has 152 valence electrons. The number of nitrogens with zero attached hydrogens (tertiary/aromatic N) is 2. The van der Waals surface area contributed by atoms with E-state index < -0.39 is 0 Å². The van der Waals surface area contributed by atoms with Gasteiger partial charge in [0.1, 0.15) is 11.6 Å². The van der Waals surface area contributed by atoms with E-state index in [2.05, 4.69) is 20.6 Å². The minimum absolute atomic E-state index is 0.189. The quantitative estimate of drug-likeness (QED) is 0.565. The Kier molecular flexibility index (Phi) is 6.84. The van der Waals surface area contributed by atoms with Gasteiger partial charge in [0.05, 0.1) is 14.2 Å². The lowest BCUT2D eigenvalue weighted by molar-refractivity contribution is 0.354. The molecule has 3 aromatic rings. The number of aromatic nitrogens is 2. The van der Waals surface area contributed by atoms with Gasteiger partial charge in [-0.25, -0.2) is 9.37 Å². The Bertz CT molecular complexity index is 965. The first-order chi connectivity index (χ1) is 14.1. The first kappa shape index (κ1) is 20.4. The second-order valence-electron chi connectivity index (χ2n) is 6.53. The lowest BCUT2D eigenvalue weighted by atomic mass is 10.1. The molecular formula is C22H25FN4O2. The summed E-state index contributed by atoms with van der Waals surface area (Å²) in [5.41, 5.74) is 2.53. The van der Waals surface area contributed by atoms with E-state index >= 15 is 0 Å². The topological polar surface area (TPSA) is 68.3 Å². The minimum atomic E-state index is -0.189. The molecule has 2 N–H and O–H groups in total. The summed E-state index contributed by atoms with van der Waals surface area (Å²) >= 11 is 0. The molecule has 3 rings (SSSR count). The van der Waals surface area contributed by atoms with Gasteiger partial charge in [0, 0.05) is 24.8 Å². The molecule has 0 aliphatic heterocycles. The zero-order valence-electron chi connectivity index (χ0n) is 16.8. The molecule has 0 aliphatic carbocycles. The van der Waals surface area contributed by atoms with Crippen LogP contribution >= 0.6 is 0 Å². The van der Waals surface area contributed by atoms with Crippen LogP contribution in [0.5, 0.6) is 11.5 Å². The molecule has 0 radical (unpaired) electrons. The van der Waals surface area contributed by atoms with Gasteiger partial charge in [-0.2, -0.15) is 4.98 Å². The second kappa shape index (κ2) is 9.73. The number of halogens is 1. The fourth-order valence-corrected chi connectivity index (χ4v) is 2.94. The standard InChI is InChI=1S/C22H25FN4O2/c1-15-12-21(24-11-10-17-6-4-5-7-18(17)23)27-22(26-15)25-14-16-8-9-19(28-2)20(13-16)29-3/h4-9,12-13H,10-11,14H2,1-3H3,(H2,24,25,26,27). The lowest BCUT2D eigenvalue weighted by Gasteiger charge is -2.12. The Balaban J connectivity index is 1.61. The van der Waals surface area contributed by atoms with Crippen molar-refractivity contribution in [1.29, 1.82) is 0 Å². The van der Waals surface area contributed by atoms with Crippen LogP contribution in [0.3, 0.4) is 0 Å². The fraction of sp³-hybridized carbons (Fsp3) is 0.273. The Morgan fingerprint density at radius 3 is 2.48 bits per heavy atom. The van der Waals surface area contributed by atoms with E-state index in [-0.39, 0.29) is 5.82 Å². The Morgan fingerprint density at radius 2 is 1.72 bits per heavy atom.